The van der Waals surface area contributed by atoms with Crippen molar-refractivity contribution < 1.29 is 21.6 Å². The highest BCUT2D eigenvalue weighted by atomic mass is 32.2. The lowest BCUT2D eigenvalue weighted by Crippen LogP contribution is -2.48. The SMILES string of the molecule is O=S(=O)(C=Cc1ccccc1)N1CCN(c2ccc(C(F)(F)F)cn2)CC1. The van der Waals surface area contributed by atoms with Gasteiger partial charge in [0.05, 0.1) is 5.56 Å². The first kappa shape index (κ1) is 19.4. The highest BCUT2D eigenvalue weighted by Crippen LogP contribution is 2.29. The van der Waals surface area contributed by atoms with Crippen molar-refractivity contribution in [2.24, 2.45) is 0 Å². The Balaban J connectivity index is 1.62. The summed E-state index contributed by atoms with van der Waals surface area (Å²) < 4.78 is 64.0. The third-order valence-electron chi connectivity index (χ3n) is 4.23. The molecule has 2 aromatic rings. The number of sulfonamides is 1. The molecule has 0 aliphatic carbocycles. The zero-order valence-corrected chi connectivity index (χ0v) is 15.1. The van der Waals surface area contributed by atoms with Crippen molar-refractivity contribution in [3.8, 4) is 0 Å². The number of rotatable bonds is 4. The van der Waals surface area contributed by atoms with Crippen molar-refractivity contribution in [1.82, 2.24) is 9.29 Å². The molecule has 0 saturated carbocycles. The molecule has 1 aromatic carbocycles. The molecule has 0 bridgehead atoms. The van der Waals surface area contributed by atoms with E-state index in [1.165, 1.54) is 15.8 Å². The molecule has 144 valence electrons. The van der Waals surface area contributed by atoms with Crippen molar-refractivity contribution in [3.63, 3.8) is 0 Å². The van der Waals surface area contributed by atoms with Gasteiger partial charge in [-0.05, 0) is 23.8 Å². The largest absolute Gasteiger partial charge is 0.417 e. The summed E-state index contributed by atoms with van der Waals surface area (Å²) in [5, 5.41) is 1.17. The summed E-state index contributed by atoms with van der Waals surface area (Å²) in [6, 6.07) is 11.4. The molecule has 0 amide bonds. The lowest BCUT2D eigenvalue weighted by Gasteiger charge is -2.34. The van der Waals surface area contributed by atoms with Gasteiger partial charge in [0.25, 0.3) is 0 Å². The van der Waals surface area contributed by atoms with Crippen LogP contribution in [-0.4, -0.2) is 43.9 Å². The van der Waals surface area contributed by atoms with E-state index in [1.807, 2.05) is 18.2 Å². The van der Waals surface area contributed by atoms with Crippen LogP contribution in [0.4, 0.5) is 19.0 Å². The average molecular weight is 397 g/mol. The monoisotopic (exact) mass is 397 g/mol. The molecule has 2 heterocycles. The fraction of sp³-hybridized carbons (Fsp3) is 0.278. The van der Waals surface area contributed by atoms with E-state index >= 15 is 0 Å². The predicted molar refractivity (Wildman–Crippen MR) is 97.4 cm³/mol. The molecule has 1 saturated heterocycles. The van der Waals surface area contributed by atoms with Crippen LogP contribution in [0.1, 0.15) is 11.1 Å². The van der Waals surface area contributed by atoms with Gasteiger partial charge in [-0.3, -0.25) is 0 Å². The molecule has 1 aromatic heterocycles. The zero-order chi connectivity index (χ0) is 19.5. The van der Waals surface area contributed by atoms with Crippen LogP contribution < -0.4 is 4.90 Å². The van der Waals surface area contributed by atoms with Crippen LogP contribution in [0.2, 0.25) is 0 Å². The lowest BCUT2D eigenvalue weighted by atomic mass is 10.2. The van der Waals surface area contributed by atoms with Crippen LogP contribution in [-0.2, 0) is 16.2 Å². The van der Waals surface area contributed by atoms with Gasteiger partial charge in [0.2, 0.25) is 10.0 Å². The highest BCUT2D eigenvalue weighted by molar-refractivity contribution is 7.92. The summed E-state index contributed by atoms with van der Waals surface area (Å²) in [7, 11) is -3.56. The first-order valence-electron chi connectivity index (χ1n) is 8.27. The molecule has 5 nitrogen and oxygen atoms in total. The van der Waals surface area contributed by atoms with Crippen LogP contribution >= 0.6 is 0 Å². The Hall–Kier alpha value is -2.39. The smallest absolute Gasteiger partial charge is 0.354 e. The maximum atomic E-state index is 12.6. The van der Waals surface area contributed by atoms with E-state index in [-0.39, 0.29) is 13.1 Å². The molecule has 9 heteroatoms. The van der Waals surface area contributed by atoms with Gasteiger partial charge < -0.3 is 4.90 Å². The number of nitrogens with zero attached hydrogens (tertiary/aromatic N) is 3. The number of hydrogen-bond acceptors (Lipinski definition) is 4. The number of alkyl halides is 3. The molecule has 0 unspecified atom stereocenters. The van der Waals surface area contributed by atoms with Crippen LogP contribution in [0.25, 0.3) is 6.08 Å². The van der Waals surface area contributed by atoms with E-state index < -0.39 is 21.8 Å². The van der Waals surface area contributed by atoms with Crippen LogP contribution in [0.3, 0.4) is 0 Å². The molecular weight excluding hydrogens is 379 g/mol. The Kier molecular flexibility index (Phi) is 5.52. The second kappa shape index (κ2) is 7.69. The molecule has 0 N–H and O–H groups in total. The number of aromatic nitrogens is 1. The number of benzene rings is 1. The summed E-state index contributed by atoms with van der Waals surface area (Å²) >= 11 is 0. The first-order chi connectivity index (χ1) is 12.8. The standard InChI is InChI=1S/C18H18F3N3O2S/c19-18(20,21)16-6-7-17(22-14-16)23-9-11-24(12-10-23)27(25,26)13-8-15-4-2-1-3-5-15/h1-8,13-14H,9-12H2. The van der Waals surface area contributed by atoms with Gasteiger partial charge in [0, 0.05) is 37.8 Å². The molecule has 1 aliphatic rings. The number of hydrogen-bond donors (Lipinski definition) is 0. The highest BCUT2D eigenvalue weighted by Gasteiger charge is 2.31. The van der Waals surface area contributed by atoms with Crippen LogP contribution in [0.15, 0.2) is 54.1 Å². The third kappa shape index (κ3) is 4.86. The Morgan fingerprint density at radius 3 is 2.19 bits per heavy atom. The van der Waals surface area contributed by atoms with E-state index in [0.29, 0.717) is 18.9 Å². The minimum Gasteiger partial charge on any atom is -0.354 e. The quantitative estimate of drug-likeness (QED) is 0.795. The Labute approximate surface area is 155 Å². The van der Waals surface area contributed by atoms with Crippen molar-refractivity contribution in [2.45, 2.75) is 6.18 Å². The normalized spacial score (nSPS) is 16.8. The van der Waals surface area contributed by atoms with Gasteiger partial charge in [0.15, 0.2) is 0 Å². The Morgan fingerprint density at radius 2 is 1.63 bits per heavy atom. The summed E-state index contributed by atoms with van der Waals surface area (Å²) in [6.45, 7) is 1.20. The lowest BCUT2D eigenvalue weighted by molar-refractivity contribution is -0.137. The molecule has 27 heavy (non-hydrogen) atoms. The number of piperazine rings is 1. The number of anilines is 1. The van der Waals surface area contributed by atoms with Gasteiger partial charge in [-0.25, -0.2) is 13.4 Å². The molecule has 3 rings (SSSR count). The van der Waals surface area contributed by atoms with Gasteiger partial charge in [-0.15, -0.1) is 0 Å². The van der Waals surface area contributed by atoms with Crippen LogP contribution in [0.5, 0.6) is 0 Å². The first-order valence-corrected chi connectivity index (χ1v) is 9.77. The van der Waals surface area contributed by atoms with Crippen molar-refractivity contribution >= 4 is 21.9 Å². The van der Waals surface area contributed by atoms with Crippen LogP contribution in [0, 0.1) is 0 Å². The minimum atomic E-state index is -4.43. The topological polar surface area (TPSA) is 53.5 Å². The zero-order valence-electron chi connectivity index (χ0n) is 14.3. The van der Waals surface area contributed by atoms with Gasteiger partial charge >= 0.3 is 6.18 Å². The fourth-order valence-electron chi connectivity index (χ4n) is 2.73. The Bertz CT molecular complexity index is 890. The average Bonchev–Trinajstić information content (AvgIpc) is 2.67. The van der Waals surface area contributed by atoms with E-state index in [4.69, 9.17) is 0 Å². The van der Waals surface area contributed by atoms with Gasteiger partial charge in [-0.1, -0.05) is 30.3 Å². The van der Waals surface area contributed by atoms with Gasteiger partial charge in [0.1, 0.15) is 5.82 Å². The maximum absolute atomic E-state index is 12.6. The van der Waals surface area contributed by atoms with E-state index in [0.717, 1.165) is 17.8 Å². The summed E-state index contributed by atoms with van der Waals surface area (Å²) in [6.07, 6.45) is -2.09. The number of pyridine rings is 1. The summed E-state index contributed by atoms with van der Waals surface area (Å²) in [4.78, 5) is 5.63. The second-order valence-corrected chi connectivity index (χ2v) is 7.87. The second-order valence-electron chi connectivity index (χ2n) is 6.05. The predicted octanol–water partition coefficient (Wildman–Crippen LogP) is 3.22. The van der Waals surface area contributed by atoms with Crippen molar-refractivity contribution in [1.29, 1.82) is 0 Å². The maximum Gasteiger partial charge on any atom is 0.417 e. The minimum absolute atomic E-state index is 0.240. The summed E-state index contributed by atoms with van der Waals surface area (Å²) in [5.74, 6) is 0.403. The van der Waals surface area contributed by atoms with Crippen molar-refractivity contribution in [3.05, 3.63) is 65.2 Å². The fourth-order valence-corrected chi connectivity index (χ4v) is 3.90. The molecule has 1 aliphatic heterocycles. The van der Waals surface area contributed by atoms with Crippen molar-refractivity contribution in [2.75, 3.05) is 31.1 Å². The third-order valence-corrected chi connectivity index (χ3v) is 5.79. The molecule has 0 atom stereocenters. The van der Waals surface area contributed by atoms with Gasteiger partial charge in [-0.2, -0.15) is 17.5 Å². The Morgan fingerprint density at radius 1 is 0.963 bits per heavy atom. The molecule has 0 spiro atoms. The van der Waals surface area contributed by atoms with E-state index in [2.05, 4.69) is 4.98 Å². The number of halogens is 3. The molecule has 1 fully saturated rings. The van der Waals surface area contributed by atoms with E-state index in [9.17, 15) is 21.6 Å². The van der Waals surface area contributed by atoms with E-state index in [1.54, 1.807) is 23.1 Å². The summed E-state index contributed by atoms with van der Waals surface area (Å²) in [5.41, 5.74) is -0.0211. The molecular formula is C18H18F3N3O2S. The molecule has 0 radical (unpaired) electrons.